The summed E-state index contributed by atoms with van der Waals surface area (Å²) >= 11 is 0. The summed E-state index contributed by atoms with van der Waals surface area (Å²) < 4.78 is 17.7. The third kappa shape index (κ3) is 4.30. The molecule has 0 N–H and O–H groups in total. The Morgan fingerprint density at radius 2 is 1.78 bits per heavy atom. The molecule has 2 rings (SSSR count). The second-order valence-corrected chi connectivity index (χ2v) is 8.45. The maximum atomic E-state index is 12.2. The van der Waals surface area contributed by atoms with E-state index >= 15 is 0 Å². The van der Waals surface area contributed by atoms with Crippen LogP contribution >= 0.6 is 0 Å². The number of hydrogen-bond acceptors (Lipinski definition) is 4. The number of rotatable bonds is 1. The molecule has 0 aromatic carbocycles. The molecule has 1 unspecified atom stereocenters. The van der Waals surface area contributed by atoms with Crippen LogP contribution in [0.2, 0.25) is 5.82 Å². The third-order valence-electron chi connectivity index (χ3n) is 4.70. The van der Waals surface area contributed by atoms with Crippen LogP contribution in [0.4, 0.5) is 4.79 Å². The zero-order valence-electron chi connectivity index (χ0n) is 15.5. The van der Waals surface area contributed by atoms with E-state index in [0.717, 1.165) is 12.8 Å². The van der Waals surface area contributed by atoms with Crippen molar-refractivity contribution >= 4 is 13.2 Å². The summed E-state index contributed by atoms with van der Waals surface area (Å²) in [6, 6.07) is 0. The van der Waals surface area contributed by atoms with Crippen molar-refractivity contribution in [2.24, 2.45) is 0 Å². The summed E-state index contributed by atoms with van der Waals surface area (Å²) in [5, 5.41) is 0. The maximum Gasteiger partial charge on any atom is 0.465 e. The Hall–Kier alpha value is -1.01. The molecule has 0 bridgehead atoms. The van der Waals surface area contributed by atoms with E-state index in [1.165, 1.54) is 0 Å². The summed E-state index contributed by atoms with van der Waals surface area (Å²) in [6.07, 6.45) is 5.34. The van der Waals surface area contributed by atoms with Gasteiger partial charge in [0.05, 0.1) is 11.2 Å². The van der Waals surface area contributed by atoms with Gasteiger partial charge in [-0.15, -0.1) is 0 Å². The van der Waals surface area contributed by atoms with Crippen molar-refractivity contribution < 1.29 is 18.8 Å². The number of amides is 1. The second-order valence-electron chi connectivity index (χ2n) is 8.45. The molecule has 0 aliphatic carbocycles. The van der Waals surface area contributed by atoms with Gasteiger partial charge in [0.15, 0.2) is 0 Å². The fraction of sp³-hybridized carbons (Fsp3) is 0.824. The van der Waals surface area contributed by atoms with Crippen LogP contribution in [0, 0.1) is 0 Å². The van der Waals surface area contributed by atoms with Crippen LogP contribution in [0.1, 0.15) is 61.3 Å². The van der Waals surface area contributed by atoms with Crippen LogP contribution in [0.25, 0.3) is 0 Å². The van der Waals surface area contributed by atoms with Crippen LogP contribution < -0.4 is 0 Å². The molecular formula is C17H30BNO4. The zero-order chi connectivity index (χ0) is 17.5. The van der Waals surface area contributed by atoms with Gasteiger partial charge >= 0.3 is 13.2 Å². The van der Waals surface area contributed by atoms with Gasteiger partial charge in [-0.3, -0.25) is 4.90 Å². The van der Waals surface area contributed by atoms with Gasteiger partial charge in [-0.1, -0.05) is 6.08 Å². The number of allylic oxidation sites excluding steroid dienone is 1. The molecule has 1 amide bonds. The Morgan fingerprint density at radius 3 is 2.30 bits per heavy atom. The summed E-state index contributed by atoms with van der Waals surface area (Å²) in [7, 11) is -0.269. The first-order valence-electron chi connectivity index (χ1n) is 8.45. The Kier molecular flexibility index (Phi) is 4.89. The summed E-state index contributed by atoms with van der Waals surface area (Å²) in [4.78, 5) is 13.8. The normalized spacial score (nSPS) is 27.0. The van der Waals surface area contributed by atoms with E-state index in [0.29, 0.717) is 6.54 Å². The third-order valence-corrected chi connectivity index (χ3v) is 4.70. The first kappa shape index (κ1) is 18.3. The highest BCUT2D eigenvalue weighted by molar-refractivity contribution is 6.48. The van der Waals surface area contributed by atoms with Crippen molar-refractivity contribution in [1.29, 1.82) is 0 Å². The Morgan fingerprint density at radius 1 is 1.22 bits per heavy atom. The quantitative estimate of drug-likeness (QED) is 0.685. The standard InChI is InChI=1S/C17H30BNO4/c1-15(2,3)21-14(20)19-11-8-9-13(10-12-19)18-22-16(4,5)17(6,7)23-18/h10,12-13H,8-9,11H2,1-7H3. The molecule has 130 valence electrons. The van der Waals surface area contributed by atoms with Gasteiger partial charge in [0, 0.05) is 18.6 Å². The molecule has 5 nitrogen and oxygen atoms in total. The minimum atomic E-state index is -0.484. The number of hydrogen-bond donors (Lipinski definition) is 0. The predicted molar refractivity (Wildman–Crippen MR) is 91.1 cm³/mol. The Bertz CT molecular complexity index is 465. The van der Waals surface area contributed by atoms with Crippen molar-refractivity contribution in [3.05, 3.63) is 12.3 Å². The summed E-state index contributed by atoms with van der Waals surface area (Å²) in [6.45, 7) is 14.5. The van der Waals surface area contributed by atoms with E-state index in [9.17, 15) is 4.79 Å². The van der Waals surface area contributed by atoms with E-state index in [2.05, 4.69) is 27.7 Å². The van der Waals surface area contributed by atoms with Crippen molar-refractivity contribution in [3.63, 3.8) is 0 Å². The molecular weight excluding hydrogens is 293 g/mol. The largest absolute Gasteiger partial charge is 0.465 e. The van der Waals surface area contributed by atoms with Gasteiger partial charge in [-0.25, -0.2) is 4.79 Å². The predicted octanol–water partition coefficient (Wildman–Crippen LogP) is 3.99. The molecule has 2 aliphatic heterocycles. The monoisotopic (exact) mass is 323 g/mol. The van der Waals surface area contributed by atoms with E-state index < -0.39 is 5.60 Å². The molecule has 1 saturated heterocycles. The van der Waals surface area contributed by atoms with Gasteiger partial charge in [0.25, 0.3) is 0 Å². The minimum Gasteiger partial charge on any atom is -0.443 e. The van der Waals surface area contributed by atoms with Crippen molar-refractivity contribution in [2.45, 2.75) is 83.9 Å². The van der Waals surface area contributed by atoms with Gasteiger partial charge in [-0.05, 0) is 61.3 Å². The Labute approximate surface area is 140 Å². The molecule has 23 heavy (non-hydrogen) atoms. The van der Waals surface area contributed by atoms with Gasteiger partial charge in [0.1, 0.15) is 5.60 Å². The van der Waals surface area contributed by atoms with E-state index in [1.807, 2.05) is 33.0 Å². The summed E-state index contributed by atoms with van der Waals surface area (Å²) in [5.41, 5.74) is -1.15. The highest BCUT2D eigenvalue weighted by Crippen LogP contribution is 2.41. The smallest absolute Gasteiger partial charge is 0.443 e. The first-order chi connectivity index (χ1) is 10.4. The van der Waals surface area contributed by atoms with E-state index in [-0.39, 0.29) is 30.2 Å². The highest BCUT2D eigenvalue weighted by Gasteiger charge is 2.53. The number of ether oxygens (including phenoxy) is 1. The molecule has 6 heteroatoms. The van der Waals surface area contributed by atoms with Crippen LogP contribution in [0.3, 0.4) is 0 Å². The van der Waals surface area contributed by atoms with Crippen LogP contribution in [0.15, 0.2) is 12.3 Å². The van der Waals surface area contributed by atoms with Gasteiger partial charge in [-0.2, -0.15) is 0 Å². The fourth-order valence-corrected chi connectivity index (χ4v) is 2.65. The average molecular weight is 323 g/mol. The van der Waals surface area contributed by atoms with Crippen molar-refractivity contribution in [1.82, 2.24) is 4.90 Å². The first-order valence-corrected chi connectivity index (χ1v) is 8.45. The van der Waals surface area contributed by atoms with Gasteiger partial charge in [0.2, 0.25) is 0 Å². The van der Waals surface area contributed by atoms with Crippen molar-refractivity contribution in [2.75, 3.05) is 6.54 Å². The molecule has 1 atom stereocenters. The van der Waals surface area contributed by atoms with E-state index in [1.54, 1.807) is 4.90 Å². The lowest BCUT2D eigenvalue weighted by Gasteiger charge is -2.32. The molecule has 1 fully saturated rings. The molecule has 0 aromatic rings. The minimum absolute atomic E-state index is 0.142. The fourth-order valence-electron chi connectivity index (χ4n) is 2.65. The second kappa shape index (κ2) is 6.13. The molecule has 2 aliphatic rings. The average Bonchev–Trinajstić information content (AvgIpc) is 2.55. The maximum absolute atomic E-state index is 12.2. The molecule has 0 aromatic heterocycles. The highest BCUT2D eigenvalue weighted by atomic mass is 16.7. The van der Waals surface area contributed by atoms with Crippen LogP contribution in [-0.4, -0.2) is 41.5 Å². The molecule has 0 saturated carbocycles. The number of carbonyl (C=O) groups excluding carboxylic acids is 1. The molecule has 2 heterocycles. The van der Waals surface area contributed by atoms with E-state index in [4.69, 9.17) is 14.0 Å². The Balaban J connectivity index is 2.03. The topological polar surface area (TPSA) is 48.0 Å². The lowest BCUT2D eigenvalue weighted by molar-refractivity contribution is 0.00578. The van der Waals surface area contributed by atoms with Gasteiger partial charge < -0.3 is 14.0 Å². The van der Waals surface area contributed by atoms with Crippen LogP contribution in [-0.2, 0) is 14.0 Å². The number of nitrogens with zero attached hydrogens (tertiary/aromatic N) is 1. The molecule has 0 radical (unpaired) electrons. The lowest BCUT2D eigenvalue weighted by atomic mass is 9.69. The SMILES string of the molecule is CC(C)(C)OC(=O)N1C=CC(B2OC(C)(C)C(C)(C)O2)CCC1. The number of carbonyl (C=O) groups is 1. The summed E-state index contributed by atoms with van der Waals surface area (Å²) in [5.74, 6) is 0.142. The molecule has 0 spiro atoms. The van der Waals surface area contributed by atoms with Crippen LogP contribution in [0.5, 0.6) is 0 Å². The lowest BCUT2D eigenvalue weighted by Crippen LogP contribution is -2.41. The zero-order valence-corrected chi connectivity index (χ0v) is 15.5. The van der Waals surface area contributed by atoms with Crippen molar-refractivity contribution in [3.8, 4) is 0 Å².